The zero-order valence-corrected chi connectivity index (χ0v) is 10.8. The van der Waals surface area contributed by atoms with Crippen LogP contribution in [0.5, 0.6) is 0 Å². The van der Waals surface area contributed by atoms with Gasteiger partial charge in [-0.3, -0.25) is 10.1 Å². The molecule has 0 bridgehead atoms. The third kappa shape index (κ3) is 2.62. The van der Waals surface area contributed by atoms with Crippen LogP contribution in [0.4, 0.5) is 11.5 Å². The summed E-state index contributed by atoms with van der Waals surface area (Å²) in [7, 11) is 0. The van der Waals surface area contributed by atoms with E-state index >= 15 is 0 Å². The highest BCUT2D eigenvalue weighted by atomic mass is 32.1. The Morgan fingerprint density at radius 1 is 1.44 bits per heavy atom. The highest BCUT2D eigenvalue weighted by molar-refractivity contribution is 7.09. The molecule has 94 valence electrons. The second-order valence-electron chi connectivity index (χ2n) is 3.83. The molecule has 1 N–H and O–H groups in total. The fourth-order valence-electron chi connectivity index (χ4n) is 1.50. The Kier molecular flexibility index (Phi) is 3.52. The maximum absolute atomic E-state index is 10.7. The maximum atomic E-state index is 10.7. The largest absolute Gasteiger partial charge is 0.365 e. The molecule has 0 aliphatic carbocycles. The van der Waals surface area contributed by atoms with Crippen LogP contribution in [0.3, 0.4) is 0 Å². The summed E-state index contributed by atoms with van der Waals surface area (Å²) in [4.78, 5) is 19.5. The van der Waals surface area contributed by atoms with Gasteiger partial charge < -0.3 is 5.32 Å². The lowest BCUT2D eigenvalue weighted by molar-refractivity contribution is -0.385. The molecule has 0 aromatic carbocycles. The summed E-state index contributed by atoms with van der Waals surface area (Å²) in [6, 6.07) is 1.68. The number of aryl methyl sites for hydroxylation is 2. The van der Waals surface area contributed by atoms with Gasteiger partial charge in [-0.15, -0.1) is 11.3 Å². The Bertz CT molecular complexity index is 582. The van der Waals surface area contributed by atoms with Crippen LogP contribution in [-0.2, 0) is 6.54 Å². The first kappa shape index (κ1) is 12.4. The Hall–Kier alpha value is -2.02. The quantitative estimate of drug-likeness (QED) is 0.678. The van der Waals surface area contributed by atoms with Crippen LogP contribution in [-0.4, -0.2) is 14.9 Å². The van der Waals surface area contributed by atoms with E-state index in [1.165, 1.54) is 6.20 Å². The third-order valence-electron chi connectivity index (χ3n) is 2.55. The number of anilines is 1. The Morgan fingerprint density at radius 2 is 2.22 bits per heavy atom. The number of nitrogens with one attached hydrogen (secondary N) is 1. The van der Waals surface area contributed by atoms with Crippen LogP contribution in [0.25, 0.3) is 0 Å². The Morgan fingerprint density at radius 3 is 2.78 bits per heavy atom. The first-order valence-electron chi connectivity index (χ1n) is 5.32. The van der Waals surface area contributed by atoms with E-state index in [9.17, 15) is 10.1 Å². The fraction of sp³-hybridized carbons (Fsp3) is 0.273. The molecular formula is C11H12N4O2S. The minimum Gasteiger partial charge on any atom is -0.365 e. The summed E-state index contributed by atoms with van der Waals surface area (Å²) in [6.45, 7) is 4.27. The first-order valence-corrected chi connectivity index (χ1v) is 6.19. The molecule has 0 saturated heterocycles. The number of hydrogen-bond donors (Lipinski definition) is 1. The second kappa shape index (κ2) is 5.09. The average molecular weight is 264 g/mol. The number of rotatable bonds is 4. The molecule has 0 amide bonds. The van der Waals surface area contributed by atoms with E-state index in [-0.39, 0.29) is 5.69 Å². The normalized spacial score (nSPS) is 10.3. The minimum atomic E-state index is -0.431. The van der Waals surface area contributed by atoms with Gasteiger partial charge in [0.25, 0.3) is 5.69 Å². The molecule has 0 spiro atoms. The molecule has 6 nitrogen and oxygen atoms in total. The fourth-order valence-corrected chi connectivity index (χ4v) is 2.22. The number of hydrogen-bond acceptors (Lipinski definition) is 6. The molecule has 18 heavy (non-hydrogen) atoms. The summed E-state index contributed by atoms with van der Waals surface area (Å²) >= 11 is 1.57. The van der Waals surface area contributed by atoms with E-state index in [4.69, 9.17) is 0 Å². The molecule has 0 fully saturated rings. The topological polar surface area (TPSA) is 81.0 Å². The van der Waals surface area contributed by atoms with Gasteiger partial charge in [0.2, 0.25) is 0 Å². The van der Waals surface area contributed by atoms with Gasteiger partial charge in [-0.25, -0.2) is 9.97 Å². The van der Waals surface area contributed by atoms with Gasteiger partial charge in [0, 0.05) is 10.4 Å². The average Bonchev–Trinajstić information content (AvgIpc) is 2.72. The van der Waals surface area contributed by atoms with E-state index in [1.807, 2.05) is 6.92 Å². The summed E-state index contributed by atoms with van der Waals surface area (Å²) < 4.78 is 0. The number of nitrogens with zero attached hydrogens (tertiary/aromatic N) is 3. The zero-order valence-electron chi connectivity index (χ0n) is 10.0. The van der Waals surface area contributed by atoms with Gasteiger partial charge >= 0.3 is 0 Å². The smallest absolute Gasteiger partial charge is 0.290 e. The van der Waals surface area contributed by atoms with Gasteiger partial charge in [-0.05, 0) is 19.9 Å². The molecule has 2 aromatic heterocycles. The lowest BCUT2D eigenvalue weighted by atomic mass is 10.2. The molecule has 0 atom stereocenters. The van der Waals surface area contributed by atoms with Crippen LogP contribution < -0.4 is 5.32 Å². The Labute approximate surface area is 108 Å². The summed E-state index contributed by atoms with van der Waals surface area (Å²) in [5.74, 6) is 0.630. The standard InChI is InChI=1S/C11H12N4O2S/c1-7-3-11(12-4-9(7)15(16)17)13-5-10-8(2)14-6-18-10/h3-4,6H,5H2,1-2H3,(H,12,13). The highest BCUT2D eigenvalue weighted by Crippen LogP contribution is 2.20. The SMILES string of the molecule is Cc1cc(NCc2scnc2C)ncc1[N+](=O)[O-]. The van der Waals surface area contributed by atoms with Crippen LogP contribution >= 0.6 is 11.3 Å². The van der Waals surface area contributed by atoms with Crippen LogP contribution in [0, 0.1) is 24.0 Å². The van der Waals surface area contributed by atoms with E-state index in [2.05, 4.69) is 15.3 Å². The highest BCUT2D eigenvalue weighted by Gasteiger charge is 2.11. The summed E-state index contributed by atoms with van der Waals surface area (Å²) in [5.41, 5.74) is 3.42. The zero-order chi connectivity index (χ0) is 13.1. The van der Waals surface area contributed by atoms with Crippen molar-refractivity contribution < 1.29 is 4.92 Å². The maximum Gasteiger partial charge on any atom is 0.290 e. The van der Waals surface area contributed by atoms with Crippen molar-refractivity contribution in [3.8, 4) is 0 Å². The van der Waals surface area contributed by atoms with Gasteiger partial charge in [0.1, 0.15) is 12.0 Å². The van der Waals surface area contributed by atoms with Crippen molar-refractivity contribution >= 4 is 22.8 Å². The number of thiazole rings is 1. The van der Waals surface area contributed by atoms with Crippen molar-refractivity contribution in [2.24, 2.45) is 0 Å². The minimum absolute atomic E-state index is 0.0366. The predicted octanol–water partition coefficient (Wildman–Crippen LogP) is 2.68. The Balaban J connectivity index is 2.09. The van der Waals surface area contributed by atoms with E-state index in [0.29, 0.717) is 17.9 Å². The first-order chi connectivity index (χ1) is 8.58. The van der Waals surface area contributed by atoms with E-state index in [0.717, 1.165) is 10.6 Å². The van der Waals surface area contributed by atoms with Gasteiger partial charge in [-0.2, -0.15) is 0 Å². The second-order valence-corrected chi connectivity index (χ2v) is 4.77. The lowest BCUT2D eigenvalue weighted by Crippen LogP contribution is -2.02. The molecular weight excluding hydrogens is 252 g/mol. The molecule has 2 rings (SSSR count). The van der Waals surface area contributed by atoms with E-state index < -0.39 is 4.92 Å². The predicted molar refractivity (Wildman–Crippen MR) is 69.8 cm³/mol. The van der Waals surface area contributed by atoms with Gasteiger partial charge in [0.15, 0.2) is 0 Å². The lowest BCUT2D eigenvalue weighted by Gasteiger charge is -2.05. The molecule has 0 saturated carbocycles. The van der Waals surface area contributed by atoms with E-state index in [1.54, 1.807) is 29.8 Å². The molecule has 0 aliphatic heterocycles. The summed E-state index contributed by atoms with van der Waals surface area (Å²) in [5, 5.41) is 13.8. The molecule has 2 heterocycles. The monoisotopic (exact) mass is 264 g/mol. The molecule has 0 radical (unpaired) electrons. The number of aromatic nitrogens is 2. The third-order valence-corrected chi connectivity index (χ3v) is 3.49. The number of pyridine rings is 1. The van der Waals surface area contributed by atoms with Gasteiger partial charge in [0.05, 0.1) is 22.7 Å². The molecule has 0 unspecified atom stereocenters. The number of nitro groups is 1. The molecule has 7 heteroatoms. The molecule has 0 aliphatic rings. The van der Waals surface area contributed by atoms with Crippen molar-refractivity contribution in [3.63, 3.8) is 0 Å². The van der Waals surface area contributed by atoms with Crippen molar-refractivity contribution in [2.45, 2.75) is 20.4 Å². The van der Waals surface area contributed by atoms with Crippen LogP contribution in [0.2, 0.25) is 0 Å². The van der Waals surface area contributed by atoms with Crippen LogP contribution in [0.15, 0.2) is 17.8 Å². The van der Waals surface area contributed by atoms with Crippen molar-refractivity contribution in [3.05, 3.63) is 44.0 Å². The van der Waals surface area contributed by atoms with Gasteiger partial charge in [-0.1, -0.05) is 0 Å². The van der Waals surface area contributed by atoms with Crippen molar-refractivity contribution in [1.82, 2.24) is 9.97 Å². The molecule has 2 aromatic rings. The van der Waals surface area contributed by atoms with Crippen molar-refractivity contribution in [2.75, 3.05) is 5.32 Å². The summed E-state index contributed by atoms with van der Waals surface area (Å²) in [6.07, 6.45) is 1.27. The van der Waals surface area contributed by atoms with Crippen LogP contribution in [0.1, 0.15) is 16.1 Å². The van der Waals surface area contributed by atoms with Crippen molar-refractivity contribution in [1.29, 1.82) is 0 Å².